The SMILES string of the molecule is CC(=O)O[C@H]1CC[C@]2(C)C3=CC[C@]4(C)C(=O)CC[C@H]4[C@@H]3CC[C@H]2C1. The van der Waals surface area contributed by atoms with Crippen molar-refractivity contribution in [1.82, 2.24) is 0 Å². The molecule has 4 rings (SSSR count). The molecule has 0 unspecified atom stereocenters. The van der Waals surface area contributed by atoms with E-state index in [4.69, 9.17) is 4.74 Å². The molecule has 0 saturated heterocycles. The summed E-state index contributed by atoms with van der Waals surface area (Å²) in [6.45, 7) is 6.18. The van der Waals surface area contributed by atoms with Crippen molar-refractivity contribution < 1.29 is 14.3 Å². The Labute approximate surface area is 145 Å². The highest BCUT2D eigenvalue weighted by Crippen LogP contribution is 2.63. The van der Waals surface area contributed by atoms with Crippen molar-refractivity contribution >= 4 is 11.8 Å². The van der Waals surface area contributed by atoms with Crippen LogP contribution in [0.25, 0.3) is 0 Å². The fourth-order valence-electron chi connectivity index (χ4n) is 6.61. The number of fused-ring (bicyclic) bond motifs is 5. The molecule has 0 aromatic rings. The van der Waals surface area contributed by atoms with E-state index >= 15 is 0 Å². The first-order chi connectivity index (χ1) is 11.3. The summed E-state index contributed by atoms with van der Waals surface area (Å²) in [5.74, 6) is 2.15. The smallest absolute Gasteiger partial charge is 0.302 e. The average molecular weight is 330 g/mol. The van der Waals surface area contributed by atoms with Crippen LogP contribution in [0.5, 0.6) is 0 Å². The molecule has 132 valence electrons. The minimum atomic E-state index is -0.144. The third kappa shape index (κ3) is 2.23. The zero-order valence-electron chi connectivity index (χ0n) is 15.3. The molecule has 0 amide bonds. The summed E-state index contributed by atoms with van der Waals surface area (Å²) >= 11 is 0. The first-order valence-corrected chi connectivity index (χ1v) is 9.75. The molecule has 4 aliphatic carbocycles. The molecule has 0 heterocycles. The van der Waals surface area contributed by atoms with Gasteiger partial charge in [-0.05, 0) is 68.1 Å². The quantitative estimate of drug-likeness (QED) is 0.527. The van der Waals surface area contributed by atoms with Crippen LogP contribution in [0.2, 0.25) is 0 Å². The molecule has 3 heteroatoms. The number of ketones is 1. The molecule has 3 saturated carbocycles. The Morgan fingerprint density at radius 3 is 2.71 bits per heavy atom. The number of carbonyl (C=O) groups is 2. The van der Waals surface area contributed by atoms with Gasteiger partial charge < -0.3 is 4.74 Å². The molecule has 0 spiro atoms. The van der Waals surface area contributed by atoms with Crippen LogP contribution < -0.4 is 0 Å². The lowest BCUT2D eigenvalue weighted by molar-refractivity contribution is -0.151. The van der Waals surface area contributed by atoms with Gasteiger partial charge in [-0.2, -0.15) is 0 Å². The zero-order chi connectivity index (χ0) is 17.1. The van der Waals surface area contributed by atoms with Gasteiger partial charge in [0.25, 0.3) is 0 Å². The van der Waals surface area contributed by atoms with Gasteiger partial charge in [0.2, 0.25) is 0 Å². The van der Waals surface area contributed by atoms with Gasteiger partial charge in [-0.1, -0.05) is 25.5 Å². The van der Waals surface area contributed by atoms with E-state index in [1.165, 1.54) is 19.8 Å². The van der Waals surface area contributed by atoms with Crippen LogP contribution in [0.1, 0.15) is 72.1 Å². The molecule has 24 heavy (non-hydrogen) atoms. The van der Waals surface area contributed by atoms with E-state index in [1.807, 2.05) is 0 Å². The number of hydrogen-bond acceptors (Lipinski definition) is 3. The van der Waals surface area contributed by atoms with Crippen molar-refractivity contribution in [3.63, 3.8) is 0 Å². The van der Waals surface area contributed by atoms with Crippen LogP contribution in [0.3, 0.4) is 0 Å². The van der Waals surface area contributed by atoms with Gasteiger partial charge in [0, 0.05) is 18.8 Å². The maximum absolute atomic E-state index is 12.4. The van der Waals surface area contributed by atoms with E-state index in [1.54, 1.807) is 5.57 Å². The summed E-state index contributed by atoms with van der Waals surface area (Å²) in [4.78, 5) is 23.7. The Hall–Kier alpha value is -1.12. The summed E-state index contributed by atoms with van der Waals surface area (Å²) in [5, 5.41) is 0. The number of allylic oxidation sites excluding steroid dienone is 2. The summed E-state index contributed by atoms with van der Waals surface area (Å²) in [6.07, 6.45) is 10.9. The number of hydrogen-bond donors (Lipinski definition) is 0. The van der Waals surface area contributed by atoms with Gasteiger partial charge in [0.15, 0.2) is 0 Å². The minimum absolute atomic E-state index is 0.0910. The highest BCUT2D eigenvalue weighted by Gasteiger charge is 2.57. The maximum Gasteiger partial charge on any atom is 0.302 e. The highest BCUT2D eigenvalue weighted by atomic mass is 16.5. The van der Waals surface area contributed by atoms with Crippen LogP contribution in [0, 0.1) is 28.6 Å². The normalized spacial score (nSPS) is 47.3. The van der Waals surface area contributed by atoms with Crippen molar-refractivity contribution in [2.24, 2.45) is 28.6 Å². The van der Waals surface area contributed by atoms with E-state index in [2.05, 4.69) is 19.9 Å². The van der Waals surface area contributed by atoms with Crippen LogP contribution in [0.15, 0.2) is 11.6 Å². The Bertz CT molecular complexity index is 606. The number of Topliss-reactive ketones (excluding diaryl/α,β-unsaturated/α-hetero) is 1. The summed E-state index contributed by atoms with van der Waals surface area (Å²) in [7, 11) is 0. The lowest BCUT2D eigenvalue weighted by Crippen LogP contribution is -2.49. The third-order valence-electron chi connectivity index (χ3n) is 8.02. The molecule has 0 aromatic heterocycles. The molecule has 4 aliphatic rings. The first kappa shape index (κ1) is 16.4. The number of ether oxygens (including phenoxy) is 1. The number of carbonyl (C=O) groups excluding carboxylic acids is 2. The van der Waals surface area contributed by atoms with Crippen LogP contribution in [0.4, 0.5) is 0 Å². The lowest BCUT2D eigenvalue weighted by atomic mass is 9.49. The van der Waals surface area contributed by atoms with Crippen molar-refractivity contribution in [3.05, 3.63) is 11.6 Å². The monoisotopic (exact) mass is 330 g/mol. The van der Waals surface area contributed by atoms with E-state index in [-0.39, 0.29) is 22.9 Å². The highest BCUT2D eigenvalue weighted by molar-refractivity contribution is 5.87. The summed E-state index contributed by atoms with van der Waals surface area (Å²) in [5.41, 5.74) is 1.82. The van der Waals surface area contributed by atoms with Gasteiger partial charge in [0.1, 0.15) is 11.9 Å². The van der Waals surface area contributed by atoms with Gasteiger partial charge in [-0.15, -0.1) is 0 Å². The molecule has 0 N–H and O–H groups in total. The summed E-state index contributed by atoms with van der Waals surface area (Å²) in [6, 6.07) is 0. The Kier molecular flexibility index (Phi) is 3.71. The predicted molar refractivity (Wildman–Crippen MR) is 92.3 cm³/mol. The molecule has 3 nitrogen and oxygen atoms in total. The second kappa shape index (κ2) is 5.44. The number of rotatable bonds is 1. The Morgan fingerprint density at radius 1 is 1.17 bits per heavy atom. The van der Waals surface area contributed by atoms with Crippen molar-refractivity contribution in [2.75, 3.05) is 0 Å². The fraction of sp³-hybridized carbons (Fsp3) is 0.810. The second-order valence-electron chi connectivity index (χ2n) is 9.15. The van der Waals surface area contributed by atoms with Crippen molar-refractivity contribution in [2.45, 2.75) is 78.2 Å². The van der Waals surface area contributed by atoms with Crippen molar-refractivity contribution in [3.8, 4) is 0 Å². The lowest BCUT2D eigenvalue weighted by Gasteiger charge is -2.56. The first-order valence-electron chi connectivity index (χ1n) is 9.75. The summed E-state index contributed by atoms with van der Waals surface area (Å²) < 4.78 is 5.52. The minimum Gasteiger partial charge on any atom is -0.463 e. The van der Waals surface area contributed by atoms with Gasteiger partial charge in [-0.25, -0.2) is 0 Å². The second-order valence-corrected chi connectivity index (χ2v) is 9.15. The van der Waals surface area contributed by atoms with Gasteiger partial charge >= 0.3 is 5.97 Å². The Morgan fingerprint density at radius 2 is 1.96 bits per heavy atom. The average Bonchev–Trinajstić information content (AvgIpc) is 2.83. The topological polar surface area (TPSA) is 43.4 Å². The Balaban J connectivity index is 1.60. The molecule has 0 radical (unpaired) electrons. The molecule has 0 aromatic carbocycles. The van der Waals surface area contributed by atoms with Crippen LogP contribution >= 0.6 is 0 Å². The largest absolute Gasteiger partial charge is 0.463 e. The van der Waals surface area contributed by atoms with Crippen molar-refractivity contribution in [1.29, 1.82) is 0 Å². The third-order valence-corrected chi connectivity index (χ3v) is 8.02. The van der Waals surface area contributed by atoms with E-state index in [9.17, 15) is 9.59 Å². The van der Waals surface area contributed by atoms with E-state index < -0.39 is 0 Å². The van der Waals surface area contributed by atoms with Gasteiger partial charge in [0.05, 0.1) is 0 Å². The molecular formula is C21H30O3. The molecule has 0 aliphatic heterocycles. The fourth-order valence-corrected chi connectivity index (χ4v) is 6.61. The molecule has 0 bridgehead atoms. The molecular weight excluding hydrogens is 300 g/mol. The maximum atomic E-state index is 12.4. The zero-order valence-corrected chi connectivity index (χ0v) is 15.3. The van der Waals surface area contributed by atoms with E-state index in [0.717, 1.165) is 38.5 Å². The number of esters is 1. The van der Waals surface area contributed by atoms with Crippen LogP contribution in [-0.4, -0.2) is 17.9 Å². The predicted octanol–water partition coefficient (Wildman–Crippen LogP) is 4.45. The molecule has 3 fully saturated rings. The van der Waals surface area contributed by atoms with Crippen LogP contribution in [-0.2, 0) is 14.3 Å². The van der Waals surface area contributed by atoms with E-state index in [0.29, 0.717) is 23.5 Å². The standard InChI is InChI=1S/C21H30O3/c1-13(22)24-15-8-10-20(2)14(12-15)4-5-16-17-6-7-19(23)21(17,3)11-9-18(16)20/h9,14-17H,4-8,10-12H2,1-3H3/t14-,15-,16-,17-,20-,21-/m0/s1. The molecule has 6 atom stereocenters. The van der Waals surface area contributed by atoms with Gasteiger partial charge in [-0.3, -0.25) is 9.59 Å².